The van der Waals surface area contributed by atoms with Gasteiger partial charge in [-0.1, -0.05) is 32.0 Å². The molecule has 5 heteroatoms. The summed E-state index contributed by atoms with van der Waals surface area (Å²) < 4.78 is 1.21. The molecule has 0 saturated heterocycles. The molecule has 0 spiro atoms. The maximum absolute atomic E-state index is 12.3. The largest absolute Gasteiger partial charge is 0.348 e. The lowest BCUT2D eigenvalue weighted by Crippen LogP contribution is -2.37. The second-order valence-corrected chi connectivity index (χ2v) is 5.33. The van der Waals surface area contributed by atoms with Gasteiger partial charge in [-0.15, -0.1) is 0 Å². The first-order chi connectivity index (χ1) is 9.41. The molecule has 0 radical (unpaired) electrons. The van der Waals surface area contributed by atoms with Crippen LogP contribution in [0, 0.1) is 5.92 Å². The van der Waals surface area contributed by atoms with Gasteiger partial charge in [0.25, 0.3) is 11.5 Å². The highest BCUT2D eigenvalue weighted by Crippen LogP contribution is 2.13. The van der Waals surface area contributed by atoms with Crippen molar-refractivity contribution in [3.05, 3.63) is 40.3 Å². The van der Waals surface area contributed by atoms with Crippen molar-refractivity contribution in [3.8, 4) is 0 Å². The van der Waals surface area contributed by atoms with Crippen molar-refractivity contribution in [2.45, 2.75) is 26.8 Å². The fourth-order valence-electron chi connectivity index (χ4n) is 1.91. The summed E-state index contributed by atoms with van der Waals surface area (Å²) in [6.45, 7) is 6.03. The molecule has 0 aliphatic carbocycles. The lowest BCUT2D eigenvalue weighted by atomic mass is 10.1. The van der Waals surface area contributed by atoms with E-state index in [-0.39, 0.29) is 23.2 Å². The molecule has 1 heterocycles. The summed E-state index contributed by atoms with van der Waals surface area (Å²) in [7, 11) is 1.55. The van der Waals surface area contributed by atoms with Crippen molar-refractivity contribution in [3.63, 3.8) is 0 Å². The summed E-state index contributed by atoms with van der Waals surface area (Å²) in [6, 6.07) is 7.08. The number of hydrogen-bond donors (Lipinski definition) is 1. The van der Waals surface area contributed by atoms with Gasteiger partial charge in [-0.3, -0.25) is 9.59 Å². The normalized spacial score (nSPS) is 12.7. The monoisotopic (exact) mass is 273 g/mol. The Hall–Kier alpha value is -2.17. The smallest absolute Gasteiger partial charge is 0.274 e. The number of carbonyl (C=O) groups is 1. The van der Waals surface area contributed by atoms with Gasteiger partial charge in [-0.25, -0.2) is 4.68 Å². The predicted octanol–water partition coefficient (Wildman–Crippen LogP) is 1.71. The van der Waals surface area contributed by atoms with E-state index >= 15 is 0 Å². The molecule has 1 aromatic heterocycles. The summed E-state index contributed by atoms with van der Waals surface area (Å²) in [4.78, 5) is 24.4. The maximum Gasteiger partial charge on any atom is 0.274 e. The minimum atomic E-state index is -0.252. The molecule has 0 unspecified atom stereocenters. The zero-order valence-electron chi connectivity index (χ0n) is 12.2. The van der Waals surface area contributed by atoms with Crippen LogP contribution in [0.1, 0.15) is 31.3 Å². The number of fused-ring (bicyclic) bond motifs is 1. The molecule has 5 nitrogen and oxygen atoms in total. The highest BCUT2D eigenvalue weighted by atomic mass is 16.2. The van der Waals surface area contributed by atoms with E-state index in [1.807, 2.05) is 20.8 Å². The van der Waals surface area contributed by atoms with Crippen molar-refractivity contribution in [2.24, 2.45) is 13.0 Å². The zero-order valence-corrected chi connectivity index (χ0v) is 12.2. The molecule has 20 heavy (non-hydrogen) atoms. The maximum atomic E-state index is 12.3. The highest BCUT2D eigenvalue weighted by molar-refractivity contribution is 6.04. The SMILES string of the molecule is CC(C)[C@H](C)NC(=O)c1nn(C)c(=O)c2ccccc12. The van der Waals surface area contributed by atoms with Gasteiger partial charge in [-0.05, 0) is 18.9 Å². The molecular weight excluding hydrogens is 254 g/mol. The van der Waals surface area contributed by atoms with Crippen LogP contribution in [-0.4, -0.2) is 21.7 Å². The molecule has 0 saturated carbocycles. The van der Waals surface area contributed by atoms with Gasteiger partial charge in [0, 0.05) is 18.5 Å². The topological polar surface area (TPSA) is 64.0 Å². The number of amides is 1. The summed E-state index contributed by atoms with van der Waals surface area (Å²) in [6.07, 6.45) is 0. The quantitative estimate of drug-likeness (QED) is 0.926. The molecule has 0 aliphatic rings. The Bertz CT molecular complexity index is 704. The molecule has 2 rings (SSSR count). The van der Waals surface area contributed by atoms with Crippen molar-refractivity contribution in [1.29, 1.82) is 0 Å². The van der Waals surface area contributed by atoms with E-state index in [1.54, 1.807) is 31.3 Å². The highest BCUT2D eigenvalue weighted by Gasteiger charge is 2.18. The van der Waals surface area contributed by atoms with E-state index in [0.717, 1.165) is 0 Å². The average Bonchev–Trinajstić information content (AvgIpc) is 2.42. The number of nitrogens with one attached hydrogen (secondary N) is 1. The molecule has 0 fully saturated rings. The molecule has 1 atom stereocenters. The third kappa shape index (κ3) is 2.57. The molecular formula is C15H19N3O2. The third-order valence-electron chi connectivity index (χ3n) is 3.53. The van der Waals surface area contributed by atoms with Gasteiger partial charge in [0.15, 0.2) is 5.69 Å². The van der Waals surface area contributed by atoms with E-state index < -0.39 is 0 Å². The Morgan fingerprint density at radius 3 is 2.40 bits per heavy atom. The molecule has 0 aliphatic heterocycles. The number of rotatable bonds is 3. The lowest BCUT2D eigenvalue weighted by Gasteiger charge is -2.17. The van der Waals surface area contributed by atoms with E-state index in [9.17, 15) is 9.59 Å². The van der Waals surface area contributed by atoms with E-state index in [4.69, 9.17) is 0 Å². The van der Waals surface area contributed by atoms with Crippen LogP contribution in [0.5, 0.6) is 0 Å². The molecule has 1 N–H and O–H groups in total. The summed E-state index contributed by atoms with van der Waals surface area (Å²) in [5.74, 6) is 0.0794. The van der Waals surface area contributed by atoms with Crippen molar-refractivity contribution in [2.75, 3.05) is 0 Å². The van der Waals surface area contributed by atoms with Gasteiger partial charge in [0.2, 0.25) is 0 Å². The van der Waals surface area contributed by atoms with Crippen molar-refractivity contribution < 1.29 is 4.79 Å². The van der Waals surface area contributed by atoms with Gasteiger partial charge < -0.3 is 5.32 Å². The number of nitrogens with zero attached hydrogens (tertiary/aromatic N) is 2. The standard InChI is InChI=1S/C15H19N3O2/c1-9(2)10(3)16-14(19)13-11-7-5-6-8-12(11)15(20)18(4)17-13/h5-10H,1-4H3,(H,16,19)/t10-/m0/s1. The van der Waals surface area contributed by atoms with Crippen molar-refractivity contribution in [1.82, 2.24) is 15.1 Å². The fourth-order valence-corrected chi connectivity index (χ4v) is 1.91. The van der Waals surface area contributed by atoms with Crippen LogP contribution >= 0.6 is 0 Å². The second kappa shape index (κ2) is 5.45. The van der Waals surface area contributed by atoms with Crippen LogP contribution in [0.4, 0.5) is 0 Å². The molecule has 1 amide bonds. The van der Waals surface area contributed by atoms with Crippen molar-refractivity contribution >= 4 is 16.7 Å². The number of aromatic nitrogens is 2. The minimum Gasteiger partial charge on any atom is -0.348 e. The Balaban J connectivity index is 2.52. The number of hydrogen-bond acceptors (Lipinski definition) is 3. The van der Waals surface area contributed by atoms with Crippen LogP contribution in [0.3, 0.4) is 0 Å². The predicted molar refractivity (Wildman–Crippen MR) is 78.8 cm³/mol. The van der Waals surface area contributed by atoms with Crippen LogP contribution < -0.4 is 10.9 Å². The summed E-state index contributed by atoms with van der Waals surface area (Å²) in [5.41, 5.74) is 0.0873. The fraction of sp³-hybridized carbons (Fsp3) is 0.400. The van der Waals surface area contributed by atoms with Gasteiger partial charge in [-0.2, -0.15) is 5.10 Å². The van der Waals surface area contributed by atoms with Crippen LogP contribution in [0.2, 0.25) is 0 Å². The minimum absolute atomic E-state index is 0.0419. The summed E-state index contributed by atoms with van der Waals surface area (Å²) in [5, 5.41) is 8.12. The first kappa shape index (κ1) is 14.2. The number of aryl methyl sites for hydroxylation is 1. The molecule has 0 bridgehead atoms. The Kier molecular flexibility index (Phi) is 3.88. The Morgan fingerprint density at radius 1 is 1.20 bits per heavy atom. The van der Waals surface area contributed by atoms with Gasteiger partial charge in [0.1, 0.15) is 0 Å². The summed E-state index contributed by atoms with van der Waals surface area (Å²) >= 11 is 0. The number of benzene rings is 1. The van der Waals surface area contributed by atoms with Crippen LogP contribution in [0.25, 0.3) is 10.8 Å². The third-order valence-corrected chi connectivity index (χ3v) is 3.53. The first-order valence-corrected chi connectivity index (χ1v) is 6.68. The first-order valence-electron chi connectivity index (χ1n) is 6.68. The Morgan fingerprint density at radius 2 is 1.80 bits per heavy atom. The molecule has 2 aromatic rings. The number of carbonyl (C=O) groups excluding carboxylic acids is 1. The second-order valence-electron chi connectivity index (χ2n) is 5.33. The molecule has 106 valence electrons. The lowest BCUT2D eigenvalue weighted by molar-refractivity contribution is 0.0925. The Labute approximate surface area is 117 Å². The van der Waals surface area contributed by atoms with Gasteiger partial charge in [0.05, 0.1) is 5.39 Å². The van der Waals surface area contributed by atoms with Gasteiger partial charge >= 0.3 is 0 Å². The van der Waals surface area contributed by atoms with E-state index in [1.165, 1.54) is 4.68 Å². The average molecular weight is 273 g/mol. The zero-order chi connectivity index (χ0) is 14.9. The van der Waals surface area contributed by atoms with E-state index in [0.29, 0.717) is 16.7 Å². The van der Waals surface area contributed by atoms with Crippen LogP contribution in [0.15, 0.2) is 29.1 Å². The molecule has 1 aromatic carbocycles. The van der Waals surface area contributed by atoms with E-state index in [2.05, 4.69) is 10.4 Å². The van der Waals surface area contributed by atoms with Crippen LogP contribution in [-0.2, 0) is 7.05 Å².